The van der Waals surface area contributed by atoms with Crippen molar-refractivity contribution in [2.45, 2.75) is 32.3 Å². The van der Waals surface area contributed by atoms with Crippen molar-refractivity contribution in [1.82, 2.24) is 24.2 Å². The predicted molar refractivity (Wildman–Crippen MR) is 125 cm³/mol. The number of carboxylic acids is 1. The third kappa shape index (κ3) is 4.25. The van der Waals surface area contributed by atoms with Crippen LogP contribution in [0.3, 0.4) is 0 Å². The lowest BCUT2D eigenvalue weighted by Crippen LogP contribution is -2.55. The summed E-state index contributed by atoms with van der Waals surface area (Å²) in [5, 5.41) is 12.6. The van der Waals surface area contributed by atoms with Gasteiger partial charge >= 0.3 is 5.97 Å². The second-order valence-electron chi connectivity index (χ2n) is 8.68. The van der Waals surface area contributed by atoms with Crippen LogP contribution >= 0.6 is 11.5 Å². The largest absolute Gasteiger partial charge is 0.477 e. The van der Waals surface area contributed by atoms with E-state index in [1.54, 1.807) is 4.90 Å². The van der Waals surface area contributed by atoms with Gasteiger partial charge in [-0.15, -0.1) is 0 Å². The summed E-state index contributed by atoms with van der Waals surface area (Å²) >= 11 is 0.979. The lowest BCUT2D eigenvalue weighted by atomic mass is 9.98. The van der Waals surface area contributed by atoms with Gasteiger partial charge in [0.25, 0.3) is 0 Å². The Morgan fingerprint density at radius 3 is 2.80 bits per heavy atom. The van der Waals surface area contributed by atoms with Gasteiger partial charge in [0.05, 0.1) is 17.4 Å². The minimum absolute atomic E-state index is 0.00426. The van der Waals surface area contributed by atoms with Crippen molar-refractivity contribution in [3.05, 3.63) is 39.7 Å². The van der Waals surface area contributed by atoms with Crippen molar-refractivity contribution in [2.75, 3.05) is 31.1 Å². The maximum Gasteiger partial charge on any atom is 0.341 e. The molecule has 184 valence electrons. The number of aromatic nitrogens is 4. The van der Waals surface area contributed by atoms with Gasteiger partial charge in [-0.2, -0.15) is 4.37 Å². The highest BCUT2D eigenvalue weighted by Gasteiger charge is 2.36. The number of carboxylic acid groups (broad SMARTS) is 1. The van der Waals surface area contributed by atoms with Gasteiger partial charge in [-0.25, -0.2) is 19.2 Å². The van der Waals surface area contributed by atoms with Gasteiger partial charge in [-0.3, -0.25) is 14.2 Å². The van der Waals surface area contributed by atoms with Crippen molar-refractivity contribution in [1.29, 1.82) is 0 Å². The molecule has 2 N–H and O–H groups in total. The van der Waals surface area contributed by atoms with Crippen LogP contribution in [0.1, 0.15) is 35.2 Å². The number of halogens is 1. The molecule has 0 aromatic carbocycles. The van der Waals surface area contributed by atoms with Crippen LogP contribution in [-0.4, -0.2) is 68.2 Å². The molecular weight excluding hydrogens is 479 g/mol. The zero-order valence-corrected chi connectivity index (χ0v) is 19.7. The Morgan fingerprint density at radius 1 is 1.34 bits per heavy atom. The normalized spacial score (nSPS) is 18.5. The first kappa shape index (κ1) is 23.3. The van der Waals surface area contributed by atoms with Gasteiger partial charge in [0.1, 0.15) is 11.9 Å². The molecule has 11 nitrogen and oxygen atoms in total. The monoisotopic (exact) mass is 502 g/mol. The topological polar surface area (TPSA) is 140 Å². The Balaban J connectivity index is 1.43. The summed E-state index contributed by atoms with van der Waals surface area (Å²) in [4.78, 5) is 47.2. The lowest BCUT2D eigenvalue weighted by Gasteiger charge is -2.39. The summed E-state index contributed by atoms with van der Waals surface area (Å²) in [6.45, 7) is 3.11. The molecule has 3 aromatic rings. The number of nitrogens with zero attached hydrogens (tertiary/aromatic N) is 5. The average Bonchev–Trinajstić information content (AvgIpc) is 3.35. The fourth-order valence-electron chi connectivity index (χ4n) is 4.41. The molecule has 1 amide bonds. The Kier molecular flexibility index (Phi) is 6.19. The van der Waals surface area contributed by atoms with E-state index in [0.717, 1.165) is 37.0 Å². The van der Waals surface area contributed by atoms with E-state index in [9.17, 15) is 19.5 Å². The summed E-state index contributed by atoms with van der Waals surface area (Å²) < 4.78 is 26.3. The van der Waals surface area contributed by atoms with Crippen LogP contribution in [0.25, 0.3) is 16.2 Å². The van der Waals surface area contributed by atoms with E-state index in [4.69, 9.17) is 4.74 Å². The highest BCUT2D eigenvalue weighted by molar-refractivity contribution is 7.08. The minimum Gasteiger partial charge on any atom is -0.477 e. The Hall–Kier alpha value is -3.45. The number of ether oxygens (including phenoxy) is 1. The van der Waals surface area contributed by atoms with Crippen LogP contribution in [0.4, 0.5) is 10.2 Å². The second-order valence-corrected chi connectivity index (χ2v) is 9.44. The average molecular weight is 503 g/mol. The molecule has 0 spiro atoms. The predicted octanol–water partition coefficient (Wildman–Crippen LogP) is 1.50. The van der Waals surface area contributed by atoms with Gasteiger partial charge in [-0.1, -0.05) is 0 Å². The highest BCUT2D eigenvalue weighted by Crippen LogP contribution is 2.31. The first-order valence-electron chi connectivity index (χ1n) is 11.2. The third-order valence-electron chi connectivity index (χ3n) is 6.41. The fraction of sp³-hybridized carbons (Fsp3) is 0.455. The summed E-state index contributed by atoms with van der Waals surface area (Å²) in [6.07, 6.45) is 5.48. The lowest BCUT2D eigenvalue weighted by molar-refractivity contribution is -0.126. The van der Waals surface area contributed by atoms with Crippen LogP contribution in [0.2, 0.25) is 0 Å². The molecule has 0 radical (unpaired) electrons. The first-order valence-corrected chi connectivity index (χ1v) is 12.0. The van der Waals surface area contributed by atoms with Crippen molar-refractivity contribution in [2.24, 2.45) is 5.92 Å². The number of anilines is 1. The molecule has 1 atom stereocenters. The molecule has 2 aliphatic heterocycles. The van der Waals surface area contributed by atoms with Crippen LogP contribution in [-0.2, 0) is 9.53 Å². The van der Waals surface area contributed by atoms with E-state index in [2.05, 4.69) is 19.7 Å². The van der Waals surface area contributed by atoms with E-state index >= 15 is 4.39 Å². The Bertz CT molecular complexity index is 1350. The first-order chi connectivity index (χ1) is 16.8. The summed E-state index contributed by atoms with van der Waals surface area (Å²) in [7, 11) is 0. The number of aromatic carboxylic acids is 1. The fourth-order valence-corrected chi connectivity index (χ4v) is 4.92. The number of pyridine rings is 2. The molecular formula is C22H23FN6O5S. The van der Waals surface area contributed by atoms with E-state index in [-0.39, 0.29) is 58.6 Å². The van der Waals surface area contributed by atoms with E-state index < -0.39 is 22.8 Å². The quantitative estimate of drug-likeness (QED) is 0.513. The molecule has 35 heavy (non-hydrogen) atoms. The van der Waals surface area contributed by atoms with Crippen molar-refractivity contribution in [3.8, 4) is 5.13 Å². The van der Waals surface area contributed by atoms with Crippen molar-refractivity contribution >= 4 is 40.3 Å². The molecule has 2 saturated heterocycles. The van der Waals surface area contributed by atoms with Crippen LogP contribution in [0.5, 0.6) is 0 Å². The molecule has 5 heterocycles. The minimum atomic E-state index is -1.44. The maximum absolute atomic E-state index is 15.4. The van der Waals surface area contributed by atoms with Gasteiger partial charge in [-0.05, 0) is 26.2 Å². The SMILES string of the molecule is Cc1c(F)c(N2CC(C(=O)NCC3CCCCO3)C2)nc2c1c(=O)c(C(=O)O)cn2-c1ncns1. The van der Waals surface area contributed by atoms with Crippen molar-refractivity contribution in [3.63, 3.8) is 0 Å². The smallest absolute Gasteiger partial charge is 0.341 e. The Labute approximate surface area is 202 Å². The number of carbonyl (C=O) groups is 2. The van der Waals surface area contributed by atoms with Gasteiger partial charge in [0.15, 0.2) is 17.3 Å². The van der Waals surface area contributed by atoms with Crippen LogP contribution < -0.4 is 15.6 Å². The third-order valence-corrected chi connectivity index (χ3v) is 7.08. The molecule has 5 rings (SSSR count). The molecule has 2 fully saturated rings. The highest BCUT2D eigenvalue weighted by atomic mass is 32.1. The molecule has 0 aliphatic carbocycles. The van der Waals surface area contributed by atoms with Gasteiger partial charge in [0, 0.05) is 49.5 Å². The number of aryl methyl sites for hydroxylation is 1. The molecule has 0 bridgehead atoms. The van der Waals surface area contributed by atoms with E-state index in [0.29, 0.717) is 13.2 Å². The van der Waals surface area contributed by atoms with Crippen LogP contribution in [0, 0.1) is 18.7 Å². The molecule has 3 aromatic heterocycles. The molecule has 1 unspecified atom stereocenters. The summed E-state index contributed by atoms with van der Waals surface area (Å²) in [5.74, 6) is -2.61. The van der Waals surface area contributed by atoms with E-state index in [1.165, 1.54) is 17.8 Å². The number of rotatable bonds is 6. The van der Waals surface area contributed by atoms with E-state index in [1.807, 2.05) is 0 Å². The van der Waals surface area contributed by atoms with Gasteiger partial charge in [0.2, 0.25) is 16.5 Å². The number of amides is 1. The van der Waals surface area contributed by atoms with Gasteiger partial charge < -0.3 is 20.1 Å². The molecule has 0 saturated carbocycles. The van der Waals surface area contributed by atoms with Crippen LogP contribution in [0.15, 0.2) is 17.3 Å². The Morgan fingerprint density at radius 2 is 2.14 bits per heavy atom. The number of carbonyl (C=O) groups excluding carboxylic acids is 1. The zero-order chi connectivity index (χ0) is 24.7. The molecule has 13 heteroatoms. The number of hydrogen-bond acceptors (Lipinski definition) is 9. The standard InChI is InChI=1S/C22H23FN6O5S/c1-11-15-17(30)14(21(32)33)9-29(22-25-10-26-35-22)18(15)27-19(16(11)23)28-7-12(8-28)20(31)24-6-13-4-2-3-5-34-13/h9-10,12-13H,2-8H2,1H3,(H,24,31)(H,32,33). The van der Waals surface area contributed by atoms with Crippen molar-refractivity contribution < 1.29 is 23.8 Å². The second kappa shape index (κ2) is 9.30. The summed E-state index contributed by atoms with van der Waals surface area (Å²) in [6, 6.07) is 0. The number of hydrogen-bond donors (Lipinski definition) is 2. The zero-order valence-electron chi connectivity index (χ0n) is 18.9. The maximum atomic E-state index is 15.4. The number of nitrogens with one attached hydrogen (secondary N) is 1. The molecule has 2 aliphatic rings. The summed E-state index contributed by atoms with van der Waals surface area (Å²) in [5.41, 5.74) is -1.28. The number of fused-ring (bicyclic) bond motifs is 1.